The maximum absolute atomic E-state index is 13.1. The minimum Gasteiger partial charge on any atom is -0.283 e. The number of rotatable bonds is 3. The SMILES string of the molecule is Cc1cn2c3c(=O)n(CC(C)C)c(=O)n(C)c3nc2n1-c1cccc(Cl)c1. The molecule has 0 aliphatic heterocycles. The van der Waals surface area contributed by atoms with E-state index in [1.807, 2.05) is 49.7 Å². The number of benzene rings is 1. The summed E-state index contributed by atoms with van der Waals surface area (Å²) in [6.07, 6.45) is 1.86. The minimum atomic E-state index is -0.354. The van der Waals surface area contributed by atoms with E-state index in [0.717, 1.165) is 11.4 Å². The van der Waals surface area contributed by atoms with E-state index in [1.54, 1.807) is 17.5 Å². The Hall–Kier alpha value is -2.80. The second kappa shape index (κ2) is 6.13. The van der Waals surface area contributed by atoms with Gasteiger partial charge in [0.05, 0.1) is 5.69 Å². The van der Waals surface area contributed by atoms with E-state index in [-0.39, 0.29) is 17.2 Å². The quantitative estimate of drug-likeness (QED) is 0.544. The van der Waals surface area contributed by atoms with E-state index in [9.17, 15) is 9.59 Å². The second-order valence-electron chi connectivity index (χ2n) is 7.19. The van der Waals surface area contributed by atoms with Gasteiger partial charge in [0.25, 0.3) is 5.56 Å². The van der Waals surface area contributed by atoms with Crippen LogP contribution in [0.1, 0.15) is 19.5 Å². The van der Waals surface area contributed by atoms with Crippen LogP contribution in [-0.2, 0) is 13.6 Å². The Morgan fingerprint density at radius 1 is 1.22 bits per heavy atom. The zero-order chi connectivity index (χ0) is 19.5. The molecule has 0 spiro atoms. The Morgan fingerprint density at radius 3 is 2.63 bits per heavy atom. The Morgan fingerprint density at radius 2 is 1.96 bits per heavy atom. The Kier molecular flexibility index (Phi) is 3.99. The van der Waals surface area contributed by atoms with Gasteiger partial charge >= 0.3 is 5.69 Å². The molecule has 4 aromatic rings. The van der Waals surface area contributed by atoms with Crippen LogP contribution in [0, 0.1) is 12.8 Å². The lowest BCUT2D eigenvalue weighted by Gasteiger charge is -2.09. The van der Waals surface area contributed by atoms with E-state index >= 15 is 0 Å². The largest absolute Gasteiger partial charge is 0.332 e. The fourth-order valence-corrected chi connectivity index (χ4v) is 3.66. The van der Waals surface area contributed by atoms with Gasteiger partial charge in [-0.2, -0.15) is 4.98 Å². The summed E-state index contributed by atoms with van der Waals surface area (Å²) in [5.41, 5.74) is 1.85. The van der Waals surface area contributed by atoms with Crippen LogP contribution in [0.3, 0.4) is 0 Å². The summed E-state index contributed by atoms with van der Waals surface area (Å²) >= 11 is 6.15. The smallest absolute Gasteiger partial charge is 0.283 e. The number of hydrogen-bond donors (Lipinski definition) is 0. The lowest BCUT2D eigenvalue weighted by molar-refractivity contribution is 0.484. The molecule has 0 fully saturated rings. The zero-order valence-electron chi connectivity index (χ0n) is 15.6. The molecule has 3 heterocycles. The van der Waals surface area contributed by atoms with Gasteiger partial charge in [-0.05, 0) is 31.0 Å². The van der Waals surface area contributed by atoms with Crippen LogP contribution in [0.2, 0.25) is 5.02 Å². The molecule has 140 valence electrons. The molecular weight excluding hydrogens is 366 g/mol. The van der Waals surface area contributed by atoms with E-state index in [2.05, 4.69) is 4.98 Å². The molecule has 0 saturated heterocycles. The lowest BCUT2D eigenvalue weighted by atomic mass is 10.2. The number of nitrogens with zero attached hydrogens (tertiary/aromatic N) is 5. The third-order valence-electron chi connectivity index (χ3n) is 4.64. The molecule has 0 radical (unpaired) electrons. The van der Waals surface area contributed by atoms with Crippen molar-refractivity contribution < 1.29 is 0 Å². The highest BCUT2D eigenvalue weighted by molar-refractivity contribution is 6.30. The number of aromatic nitrogens is 5. The third kappa shape index (κ3) is 2.61. The first-order chi connectivity index (χ1) is 12.8. The van der Waals surface area contributed by atoms with E-state index in [1.165, 1.54) is 9.13 Å². The number of fused-ring (bicyclic) bond motifs is 3. The van der Waals surface area contributed by atoms with Crippen molar-refractivity contribution in [3.8, 4) is 5.69 Å². The molecule has 1 aromatic carbocycles. The molecule has 0 atom stereocenters. The van der Waals surface area contributed by atoms with Crippen molar-refractivity contribution >= 4 is 28.5 Å². The maximum atomic E-state index is 13.1. The Balaban J connectivity index is 2.12. The highest BCUT2D eigenvalue weighted by atomic mass is 35.5. The summed E-state index contributed by atoms with van der Waals surface area (Å²) in [7, 11) is 1.64. The summed E-state index contributed by atoms with van der Waals surface area (Å²) in [6.45, 7) is 6.25. The molecule has 7 nitrogen and oxygen atoms in total. The van der Waals surface area contributed by atoms with Gasteiger partial charge in [0, 0.05) is 30.5 Å². The lowest BCUT2D eigenvalue weighted by Crippen LogP contribution is -2.40. The van der Waals surface area contributed by atoms with Crippen molar-refractivity contribution in [3.05, 3.63) is 62.0 Å². The fraction of sp³-hybridized carbons (Fsp3) is 0.316. The van der Waals surface area contributed by atoms with Crippen molar-refractivity contribution in [2.45, 2.75) is 27.3 Å². The molecule has 0 saturated carbocycles. The molecule has 0 unspecified atom stereocenters. The number of imidazole rings is 2. The summed E-state index contributed by atoms with van der Waals surface area (Å²) in [5.74, 6) is 0.744. The van der Waals surface area contributed by atoms with Gasteiger partial charge in [0.15, 0.2) is 11.2 Å². The highest BCUT2D eigenvalue weighted by Crippen LogP contribution is 2.22. The first-order valence-electron chi connectivity index (χ1n) is 8.75. The van der Waals surface area contributed by atoms with E-state index in [0.29, 0.717) is 28.5 Å². The summed E-state index contributed by atoms with van der Waals surface area (Å²) in [6, 6.07) is 7.43. The van der Waals surface area contributed by atoms with Gasteiger partial charge in [-0.25, -0.2) is 4.79 Å². The minimum absolute atomic E-state index is 0.175. The fourth-order valence-electron chi connectivity index (χ4n) is 3.47. The molecule has 3 aromatic heterocycles. The topological polar surface area (TPSA) is 66.2 Å². The van der Waals surface area contributed by atoms with Crippen molar-refractivity contribution in [2.24, 2.45) is 13.0 Å². The summed E-state index contributed by atoms with van der Waals surface area (Å²) in [5, 5.41) is 0.613. The third-order valence-corrected chi connectivity index (χ3v) is 4.88. The maximum Gasteiger partial charge on any atom is 0.332 e. The highest BCUT2D eigenvalue weighted by Gasteiger charge is 2.21. The van der Waals surface area contributed by atoms with Crippen molar-refractivity contribution in [1.29, 1.82) is 0 Å². The number of halogens is 1. The van der Waals surface area contributed by atoms with Gasteiger partial charge in [-0.3, -0.25) is 22.9 Å². The van der Waals surface area contributed by atoms with Crippen LogP contribution >= 0.6 is 11.6 Å². The average Bonchev–Trinajstić information content (AvgIpc) is 3.11. The molecule has 0 aliphatic carbocycles. The number of aryl methyl sites for hydroxylation is 2. The monoisotopic (exact) mass is 385 g/mol. The Bertz CT molecular complexity index is 1310. The van der Waals surface area contributed by atoms with Crippen LogP contribution in [-0.4, -0.2) is 23.1 Å². The summed E-state index contributed by atoms with van der Waals surface area (Å²) < 4.78 is 6.39. The van der Waals surface area contributed by atoms with E-state index < -0.39 is 0 Å². The van der Waals surface area contributed by atoms with Gasteiger partial charge < -0.3 is 0 Å². The zero-order valence-corrected chi connectivity index (χ0v) is 16.4. The Labute approximate surface area is 160 Å². The van der Waals surface area contributed by atoms with Crippen LogP contribution in [0.25, 0.3) is 22.6 Å². The van der Waals surface area contributed by atoms with Crippen LogP contribution in [0.15, 0.2) is 40.1 Å². The van der Waals surface area contributed by atoms with Crippen molar-refractivity contribution in [2.75, 3.05) is 0 Å². The van der Waals surface area contributed by atoms with Crippen LogP contribution in [0.4, 0.5) is 0 Å². The van der Waals surface area contributed by atoms with Crippen LogP contribution < -0.4 is 11.2 Å². The molecule has 0 N–H and O–H groups in total. The van der Waals surface area contributed by atoms with Crippen LogP contribution in [0.5, 0.6) is 0 Å². The number of hydrogen-bond acceptors (Lipinski definition) is 3. The first-order valence-corrected chi connectivity index (χ1v) is 9.13. The van der Waals surface area contributed by atoms with Gasteiger partial charge in [-0.1, -0.05) is 31.5 Å². The second-order valence-corrected chi connectivity index (χ2v) is 7.63. The molecule has 27 heavy (non-hydrogen) atoms. The standard InChI is InChI=1S/C19H20ClN5O2/c1-11(2)9-24-17(26)15-16(22(4)19(24)27)21-18-23(15)10-12(3)25(18)14-7-5-6-13(20)8-14/h5-8,10-11H,9H2,1-4H3. The van der Waals surface area contributed by atoms with Gasteiger partial charge in [0.2, 0.25) is 5.78 Å². The molecule has 0 bridgehead atoms. The molecule has 0 aliphatic rings. The first kappa shape index (κ1) is 17.6. The van der Waals surface area contributed by atoms with Gasteiger partial charge in [-0.15, -0.1) is 0 Å². The molecule has 8 heteroatoms. The normalized spacial score (nSPS) is 11.9. The van der Waals surface area contributed by atoms with Crippen molar-refractivity contribution in [3.63, 3.8) is 0 Å². The van der Waals surface area contributed by atoms with Crippen molar-refractivity contribution in [1.82, 2.24) is 23.1 Å². The predicted octanol–water partition coefficient (Wildman–Crippen LogP) is 2.76. The predicted molar refractivity (Wildman–Crippen MR) is 106 cm³/mol. The molecule has 0 amide bonds. The van der Waals surface area contributed by atoms with E-state index in [4.69, 9.17) is 11.6 Å². The summed E-state index contributed by atoms with van der Waals surface area (Å²) in [4.78, 5) is 30.4. The van der Waals surface area contributed by atoms with Gasteiger partial charge in [0.1, 0.15) is 0 Å². The average molecular weight is 386 g/mol. The molecule has 4 rings (SSSR count). The molecular formula is C19H20ClN5O2.